The summed E-state index contributed by atoms with van der Waals surface area (Å²) in [5.74, 6) is 0.440. The number of thiazole rings is 1. The van der Waals surface area contributed by atoms with Crippen molar-refractivity contribution in [2.75, 3.05) is 44.3 Å². The molecule has 4 rings (SSSR count). The van der Waals surface area contributed by atoms with E-state index in [2.05, 4.69) is 26.9 Å². The molecule has 0 atom stereocenters. The number of ether oxygens (including phenoxy) is 1. The molecule has 160 valence electrons. The first-order chi connectivity index (χ1) is 13.7. The molecule has 1 aromatic carbocycles. The first-order valence-corrected chi connectivity index (χ1v) is 12.0. The van der Waals surface area contributed by atoms with Gasteiger partial charge in [-0.25, -0.2) is 4.98 Å². The van der Waals surface area contributed by atoms with Crippen molar-refractivity contribution in [2.24, 2.45) is 5.92 Å². The Labute approximate surface area is 191 Å². The molecule has 2 aromatic rings. The van der Waals surface area contributed by atoms with Gasteiger partial charge in [-0.2, -0.15) is 0 Å². The summed E-state index contributed by atoms with van der Waals surface area (Å²) < 4.78 is 7.61. The zero-order valence-electron chi connectivity index (χ0n) is 16.6. The van der Waals surface area contributed by atoms with E-state index < -0.39 is 0 Å². The van der Waals surface area contributed by atoms with Gasteiger partial charge in [-0.05, 0) is 37.5 Å². The van der Waals surface area contributed by atoms with E-state index >= 15 is 0 Å². The predicted octanol–water partition coefficient (Wildman–Crippen LogP) is 5.12. The maximum atomic E-state index is 13.4. The Bertz CT molecular complexity index is 806. The third kappa shape index (κ3) is 5.91. The number of nitrogens with zero attached hydrogens (tertiary/aromatic N) is 3. The minimum absolute atomic E-state index is 0. The number of anilines is 1. The van der Waals surface area contributed by atoms with Crippen molar-refractivity contribution in [1.29, 1.82) is 0 Å². The molecule has 29 heavy (non-hydrogen) atoms. The summed E-state index contributed by atoms with van der Waals surface area (Å²) in [4.78, 5) is 22.6. The topological polar surface area (TPSA) is 45.7 Å². The lowest BCUT2D eigenvalue weighted by molar-refractivity contribution is -0.123. The Hall–Kier alpha value is -0.730. The monoisotopic (exact) mass is 501 g/mol. The Morgan fingerprint density at radius 1 is 1.24 bits per heavy atom. The van der Waals surface area contributed by atoms with Crippen molar-refractivity contribution in [1.82, 2.24) is 9.88 Å². The van der Waals surface area contributed by atoms with E-state index in [1.165, 1.54) is 19.3 Å². The van der Waals surface area contributed by atoms with Crippen LogP contribution in [0.1, 0.15) is 38.5 Å². The SMILES string of the molecule is Cl.O=C(C1CCCCC1)N(CCCN1CCOCC1)c1nc2ccc(Br)cc2s1. The van der Waals surface area contributed by atoms with Crippen molar-refractivity contribution in [3.05, 3.63) is 22.7 Å². The van der Waals surface area contributed by atoms with Crippen LogP contribution in [-0.4, -0.2) is 55.2 Å². The molecule has 0 bridgehead atoms. The van der Waals surface area contributed by atoms with Crippen molar-refractivity contribution in [3.8, 4) is 0 Å². The smallest absolute Gasteiger partial charge is 0.231 e. The Morgan fingerprint density at radius 2 is 2.00 bits per heavy atom. The highest BCUT2D eigenvalue weighted by Crippen LogP contribution is 2.33. The van der Waals surface area contributed by atoms with Gasteiger partial charge in [0.1, 0.15) is 0 Å². The maximum absolute atomic E-state index is 13.4. The van der Waals surface area contributed by atoms with Gasteiger partial charge in [-0.15, -0.1) is 12.4 Å². The summed E-state index contributed by atoms with van der Waals surface area (Å²) in [5, 5.41) is 0.852. The van der Waals surface area contributed by atoms with Gasteiger partial charge in [0, 0.05) is 36.6 Å². The highest BCUT2D eigenvalue weighted by Gasteiger charge is 2.28. The molecule has 0 spiro atoms. The number of hydrogen-bond donors (Lipinski definition) is 0. The second kappa shape index (κ2) is 11.0. The fourth-order valence-electron chi connectivity index (χ4n) is 4.15. The van der Waals surface area contributed by atoms with E-state index in [4.69, 9.17) is 9.72 Å². The van der Waals surface area contributed by atoms with E-state index in [0.29, 0.717) is 0 Å². The van der Waals surface area contributed by atoms with Crippen molar-refractivity contribution < 1.29 is 9.53 Å². The molecule has 2 fully saturated rings. The first kappa shape index (κ1) is 22.9. The Morgan fingerprint density at radius 3 is 2.76 bits per heavy atom. The highest BCUT2D eigenvalue weighted by atomic mass is 79.9. The lowest BCUT2D eigenvalue weighted by Gasteiger charge is -2.30. The molecular formula is C21H29BrClN3O2S. The van der Waals surface area contributed by atoms with E-state index in [9.17, 15) is 4.79 Å². The van der Waals surface area contributed by atoms with Crippen molar-refractivity contribution in [3.63, 3.8) is 0 Å². The molecule has 2 aliphatic rings. The fraction of sp³-hybridized carbons (Fsp3) is 0.619. The standard InChI is InChI=1S/C21H28BrN3O2S.ClH/c22-17-7-8-18-19(15-17)28-21(23-18)25(20(26)16-5-2-1-3-6-16)10-4-9-24-11-13-27-14-12-24;/h7-8,15-16H,1-6,9-14H2;1H. The number of rotatable bonds is 6. The molecule has 0 unspecified atom stereocenters. The number of carbonyl (C=O) groups excluding carboxylic acids is 1. The summed E-state index contributed by atoms with van der Waals surface area (Å²) in [6.45, 7) is 5.37. The molecule has 2 heterocycles. The molecule has 5 nitrogen and oxygen atoms in total. The number of halogens is 2. The summed E-state index contributed by atoms with van der Waals surface area (Å²) in [6.07, 6.45) is 6.62. The van der Waals surface area contributed by atoms with Crippen LogP contribution in [0.3, 0.4) is 0 Å². The van der Waals surface area contributed by atoms with Gasteiger partial charge in [-0.3, -0.25) is 14.6 Å². The molecular weight excluding hydrogens is 474 g/mol. The van der Waals surface area contributed by atoms with Gasteiger partial charge in [0.2, 0.25) is 5.91 Å². The number of fused-ring (bicyclic) bond motifs is 1. The molecule has 1 saturated carbocycles. The minimum Gasteiger partial charge on any atom is -0.379 e. The molecule has 1 amide bonds. The minimum atomic E-state index is 0. The number of hydrogen-bond acceptors (Lipinski definition) is 5. The molecule has 0 N–H and O–H groups in total. The Kier molecular flexibility index (Phi) is 8.74. The molecule has 1 aliphatic carbocycles. The number of carbonyl (C=O) groups is 1. The molecule has 1 saturated heterocycles. The van der Waals surface area contributed by atoms with Crippen LogP contribution in [0, 0.1) is 5.92 Å². The normalized spacial score (nSPS) is 18.5. The molecule has 1 aromatic heterocycles. The summed E-state index contributed by atoms with van der Waals surface area (Å²) in [7, 11) is 0. The van der Waals surface area contributed by atoms with Crippen LogP contribution in [0.5, 0.6) is 0 Å². The van der Waals surface area contributed by atoms with Gasteiger partial charge in [-0.1, -0.05) is 46.5 Å². The average molecular weight is 503 g/mol. The zero-order chi connectivity index (χ0) is 19.3. The summed E-state index contributed by atoms with van der Waals surface area (Å²) in [5.41, 5.74) is 0.970. The second-order valence-electron chi connectivity index (χ2n) is 7.74. The second-order valence-corrected chi connectivity index (χ2v) is 9.67. The summed E-state index contributed by atoms with van der Waals surface area (Å²) in [6, 6.07) is 6.13. The van der Waals surface area contributed by atoms with Crippen LogP contribution >= 0.6 is 39.7 Å². The maximum Gasteiger partial charge on any atom is 0.231 e. The quantitative estimate of drug-likeness (QED) is 0.550. The van der Waals surface area contributed by atoms with E-state index in [1.807, 2.05) is 17.0 Å². The van der Waals surface area contributed by atoms with Gasteiger partial charge in [0.15, 0.2) is 5.13 Å². The zero-order valence-corrected chi connectivity index (χ0v) is 19.9. The van der Waals surface area contributed by atoms with Crippen molar-refractivity contribution >= 4 is 60.9 Å². The third-order valence-electron chi connectivity index (χ3n) is 5.75. The lowest BCUT2D eigenvalue weighted by atomic mass is 9.88. The van der Waals surface area contributed by atoms with Crippen molar-refractivity contribution in [2.45, 2.75) is 38.5 Å². The fourth-order valence-corrected chi connectivity index (χ4v) is 5.70. The third-order valence-corrected chi connectivity index (χ3v) is 7.28. The number of morpholine rings is 1. The first-order valence-electron chi connectivity index (χ1n) is 10.4. The van der Waals surface area contributed by atoms with Gasteiger partial charge < -0.3 is 4.74 Å². The Balaban J connectivity index is 0.00000240. The highest BCUT2D eigenvalue weighted by molar-refractivity contribution is 9.10. The van der Waals surface area contributed by atoms with E-state index in [-0.39, 0.29) is 24.2 Å². The number of amides is 1. The molecule has 0 radical (unpaired) electrons. The predicted molar refractivity (Wildman–Crippen MR) is 125 cm³/mol. The van der Waals surface area contributed by atoms with Gasteiger partial charge >= 0.3 is 0 Å². The number of aromatic nitrogens is 1. The lowest BCUT2D eigenvalue weighted by Crippen LogP contribution is -2.41. The molecule has 8 heteroatoms. The van der Waals surface area contributed by atoms with Crippen LogP contribution in [-0.2, 0) is 9.53 Å². The van der Waals surface area contributed by atoms with Crippen LogP contribution < -0.4 is 4.90 Å². The van der Waals surface area contributed by atoms with Crippen LogP contribution in [0.4, 0.5) is 5.13 Å². The van der Waals surface area contributed by atoms with E-state index in [1.54, 1.807) is 11.3 Å². The van der Waals surface area contributed by atoms with Crippen LogP contribution in [0.25, 0.3) is 10.2 Å². The van der Waals surface area contributed by atoms with Crippen LogP contribution in [0.2, 0.25) is 0 Å². The van der Waals surface area contributed by atoms with E-state index in [0.717, 1.165) is 78.5 Å². The largest absolute Gasteiger partial charge is 0.379 e. The van der Waals surface area contributed by atoms with Gasteiger partial charge in [0.05, 0.1) is 23.4 Å². The number of benzene rings is 1. The molecule has 1 aliphatic heterocycles. The van der Waals surface area contributed by atoms with Crippen LogP contribution in [0.15, 0.2) is 22.7 Å². The summed E-state index contributed by atoms with van der Waals surface area (Å²) >= 11 is 5.17. The average Bonchev–Trinajstić information content (AvgIpc) is 3.15. The van der Waals surface area contributed by atoms with Gasteiger partial charge in [0.25, 0.3) is 0 Å².